The van der Waals surface area contributed by atoms with Crippen LogP contribution in [-0.4, -0.2) is 23.4 Å². The van der Waals surface area contributed by atoms with Crippen molar-refractivity contribution in [3.8, 4) is 11.5 Å². The normalized spacial score (nSPS) is 12.6. The van der Waals surface area contributed by atoms with Crippen LogP contribution in [0.4, 0.5) is 4.39 Å². The van der Waals surface area contributed by atoms with Gasteiger partial charge in [0.1, 0.15) is 5.82 Å². The van der Waals surface area contributed by atoms with Gasteiger partial charge in [-0.25, -0.2) is 4.39 Å². The minimum absolute atomic E-state index is 0.294. The monoisotopic (exact) mass is 329 g/mol. The van der Waals surface area contributed by atoms with E-state index in [1.165, 1.54) is 6.07 Å². The van der Waals surface area contributed by atoms with Crippen molar-refractivity contribution in [2.24, 2.45) is 5.73 Å². The highest BCUT2D eigenvalue weighted by Gasteiger charge is 2.16. The molecule has 1 atom stereocenters. The first kappa shape index (κ1) is 14.1. The fraction of sp³-hybridized carbons (Fsp3) is 0.333. The van der Waals surface area contributed by atoms with Crippen molar-refractivity contribution in [1.29, 1.82) is 0 Å². The summed E-state index contributed by atoms with van der Waals surface area (Å²) in [6.45, 7) is 2.77. The van der Waals surface area contributed by atoms with Gasteiger partial charge < -0.3 is 15.0 Å². The number of ether oxygens (including phenoxy) is 1. The molecule has 102 valence electrons. The van der Waals surface area contributed by atoms with Crippen LogP contribution in [0, 0.1) is 5.82 Å². The molecule has 0 aliphatic carbocycles. The van der Waals surface area contributed by atoms with Gasteiger partial charge in [-0.2, -0.15) is 4.98 Å². The SMILES string of the molecule is CCOCC(N)c1noc(-c2ccc(F)c(Br)c2)n1. The molecule has 19 heavy (non-hydrogen) atoms. The van der Waals surface area contributed by atoms with Crippen molar-refractivity contribution in [2.75, 3.05) is 13.2 Å². The zero-order chi connectivity index (χ0) is 13.8. The lowest BCUT2D eigenvalue weighted by atomic mass is 10.2. The second kappa shape index (κ2) is 6.23. The molecule has 0 fully saturated rings. The molecule has 0 aliphatic rings. The van der Waals surface area contributed by atoms with Crippen LogP contribution >= 0.6 is 15.9 Å². The Kier molecular flexibility index (Phi) is 4.62. The van der Waals surface area contributed by atoms with Crippen molar-refractivity contribution in [2.45, 2.75) is 13.0 Å². The molecule has 1 heterocycles. The standard InChI is InChI=1S/C12H13BrFN3O2/c1-2-18-6-10(15)11-16-12(19-17-11)7-3-4-9(14)8(13)5-7/h3-5,10H,2,6,15H2,1H3. The Labute approximate surface area is 118 Å². The number of benzene rings is 1. The van der Waals surface area contributed by atoms with Crippen molar-refractivity contribution in [1.82, 2.24) is 10.1 Å². The number of hydrogen-bond acceptors (Lipinski definition) is 5. The summed E-state index contributed by atoms with van der Waals surface area (Å²) in [5.41, 5.74) is 6.47. The lowest BCUT2D eigenvalue weighted by Crippen LogP contribution is -2.18. The summed E-state index contributed by atoms with van der Waals surface area (Å²) in [4.78, 5) is 4.18. The van der Waals surface area contributed by atoms with Crippen LogP contribution in [0.5, 0.6) is 0 Å². The van der Waals surface area contributed by atoms with Gasteiger partial charge in [-0.3, -0.25) is 0 Å². The van der Waals surface area contributed by atoms with Crippen LogP contribution in [-0.2, 0) is 4.74 Å². The average molecular weight is 330 g/mol. The van der Waals surface area contributed by atoms with E-state index in [4.69, 9.17) is 15.0 Å². The van der Waals surface area contributed by atoms with E-state index in [9.17, 15) is 4.39 Å². The number of aromatic nitrogens is 2. The van der Waals surface area contributed by atoms with Crippen molar-refractivity contribution in [3.05, 3.63) is 34.3 Å². The molecule has 2 rings (SSSR count). The maximum Gasteiger partial charge on any atom is 0.258 e. The number of nitrogens with zero attached hydrogens (tertiary/aromatic N) is 2. The summed E-state index contributed by atoms with van der Waals surface area (Å²) < 4.78 is 23.8. The van der Waals surface area contributed by atoms with E-state index in [0.29, 0.717) is 35.0 Å². The van der Waals surface area contributed by atoms with Gasteiger partial charge in [0.15, 0.2) is 5.82 Å². The molecule has 1 unspecified atom stereocenters. The summed E-state index contributed by atoms with van der Waals surface area (Å²) in [5, 5.41) is 3.80. The zero-order valence-electron chi connectivity index (χ0n) is 10.3. The highest BCUT2D eigenvalue weighted by Crippen LogP contribution is 2.24. The van der Waals surface area contributed by atoms with E-state index < -0.39 is 6.04 Å². The first-order chi connectivity index (χ1) is 9.11. The zero-order valence-corrected chi connectivity index (χ0v) is 11.9. The molecule has 1 aromatic heterocycles. The van der Waals surface area contributed by atoms with Crippen LogP contribution in [0.15, 0.2) is 27.2 Å². The topological polar surface area (TPSA) is 74.2 Å². The first-order valence-corrected chi connectivity index (χ1v) is 6.53. The molecule has 0 saturated heterocycles. The third-order valence-electron chi connectivity index (χ3n) is 2.44. The molecule has 0 bridgehead atoms. The predicted molar refractivity (Wildman–Crippen MR) is 70.8 cm³/mol. The smallest absolute Gasteiger partial charge is 0.258 e. The molecule has 7 heteroatoms. The highest BCUT2D eigenvalue weighted by molar-refractivity contribution is 9.10. The van der Waals surface area contributed by atoms with Crippen LogP contribution in [0.1, 0.15) is 18.8 Å². The minimum Gasteiger partial charge on any atom is -0.380 e. The van der Waals surface area contributed by atoms with Gasteiger partial charge >= 0.3 is 0 Å². The first-order valence-electron chi connectivity index (χ1n) is 5.74. The number of hydrogen-bond donors (Lipinski definition) is 1. The van der Waals surface area contributed by atoms with Gasteiger partial charge in [-0.15, -0.1) is 0 Å². The van der Waals surface area contributed by atoms with Gasteiger partial charge in [0.2, 0.25) is 0 Å². The van der Waals surface area contributed by atoms with E-state index in [2.05, 4.69) is 26.1 Å². The Morgan fingerprint density at radius 3 is 3.00 bits per heavy atom. The van der Waals surface area contributed by atoms with E-state index >= 15 is 0 Å². The average Bonchev–Trinajstić information content (AvgIpc) is 2.89. The summed E-state index contributed by atoms with van der Waals surface area (Å²) in [6.07, 6.45) is 0. The third kappa shape index (κ3) is 3.37. The second-order valence-electron chi connectivity index (χ2n) is 3.85. The third-order valence-corrected chi connectivity index (χ3v) is 3.05. The lowest BCUT2D eigenvalue weighted by Gasteiger charge is -2.05. The molecular weight excluding hydrogens is 317 g/mol. The Hall–Kier alpha value is -1.31. The molecule has 2 aromatic rings. The minimum atomic E-state index is -0.443. The van der Waals surface area contributed by atoms with Crippen molar-refractivity contribution < 1.29 is 13.7 Å². The van der Waals surface area contributed by atoms with Crippen LogP contribution in [0.3, 0.4) is 0 Å². The Morgan fingerprint density at radius 1 is 1.53 bits per heavy atom. The fourth-order valence-electron chi connectivity index (χ4n) is 1.45. The summed E-state index contributed by atoms with van der Waals surface area (Å²) >= 11 is 3.10. The Balaban J connectivity index is 2.18. The van der Waals surface area contributed by atoms with Gasteiger partial charge in [-0.05, 0) is 41.1 Å². The molecule has 0 radical (unpaired) electrons. The molecule has 0 saturated carbocycles. The second-order valence-corrected chi connectivity index (χ2v) is 4.71. The van der Waals surface area contributed by atoms with Gasteiger partial charge in [0.05, 0.1) is 17.1 Å². The number of nitrogens with two attached hydrogens (primary N) is 1. The molecule has 1 aromatic carbocycles. The Bertz CT molecular complexity index is 562. The number of rotatable bonds is 5. The molecule has 0 spiro atoms. The maximum absolute atomic E-state index is 13.1. The molecule has 0 amide bonds. The van der Waals surface area contributed by atoms with Gasteiger partial charge in [0, 0.05) is 12.2 Å². The van der Waals surface area contributed by atoms with Crippen molar-refractivity contribution >= 4 is 15.9 Å². The maximum atomic E-state index is 13.1. The van der Waals surface area contributed by atoms with Crippen LogP contribution in [0.25, 0.3) is 11.5 Å². The highest BCUT2D eigenvalue weighted by atomic mass is 79.9. The van der Waals surface area contributed by atoms with Crippen LogP contribution in [0.2, 0.25) is 0 Å². The molecular formula is C12H13BrFN3O2. The van der Waals surface area contributed by atoms with E-state index in [1.807, 2.05) is 6.92 Å². The van der Waals surface area contributed by atoms with Gasteiger partial charge in [0.25, 0.3) is 5.89 Å². The largest absolute Gasteiger partial charge is 0.380 e. The quantitative estimate of drug-likeness (QED) is 0.912. The summed E-state index contributed by atoms with van der Waals surface area (Å²) in [5.74, 6) is 0.308. The fourth-order valence-corrected chi connectivity index (χ4v) is 1.83. The van der Waals surface area contributed by atoms with Crippen molar-refractivity contribution in [3.63, 3.8) is 0 Å². The van der Waals surface area contributed by atoms with Crippen LogP contribution < -0.4 is 5.73 Å². The lowest BCUT2D eigenvalue weighted by molar-refractivity contribution is 0.130. The van der Waals surface area contributed by atoms with E-state index in [1.54, 1.807) is 12.1 Å². The molecule has 0 aliphatic heterocycles. The van der Waals surface area contributed by atoms with E-state index in [-0.39, 0.29) is 5.82 Å². The predicted octanol–water partition coefficient (Wildman–Crippen LogP) is 2.67. The molecule has 2 N–H and O–H groups in total. The Morgan fingerprint density at radius 2 is 2.32 bits per heavy atom. The summed E-state index contributed by atoms with van der Waals surface area (Å²) in [7, 11) is 0. The molecule has 5 nitrogen and oxygen atoms in total. The van der Waals surface area contributed by atoms with E-state index in [0.717, 1.165) is 0 Å². The summed E-state index contributed by atoms with van der Waals surface area (Å²) in [6, 6.07) is 4.01. The van der Waals surface area contributed by atoms with Gasteiger partial charge in [-0.1, -0.05) is 5.16 Å². The number of halogens is 2.